The van der Waals surface area contributed by atoms with E-state index in [2.05, 4.69) is 4.98 Å². The highest BCUT2D eigenvalue weighted by molar-refractivity contribution is 6.35. The molecule has 1 saturated heterocycles. The molecule has 1 aromatic heterocycles. The number of likely N-dealkylation sites (tertiary alicyclic amines) is 1. The predicted molar refractivity (Wildman–Crippen MR) is 134 cm³/mol. The molecule has 1 amide bonds. The zero-order valence-electron chi connectivity index (χ0n) is 19.9. The van der Waals surface area contributed by atoms with Crippen LogP contribution in [0.15, 0.2) is 30.5 Å². The number of amides is 1. The summed E-state index contributed by atoms with van der Waals surface area (Å²) in [6.45, 7) is 3.89. The van der Waals surface area contributed by atoms with Crippen LogP contribution in [-0.4, -0.2) is 66.6 Å². The van der Waals surface area contributed by atoms with E-state index < -0.39 is 11.9 Å². The van der Waals surface area contributed by atoms with Gasteiger partial charge in [-0.05, 0) is 57.5 Å². The van der Waals surface area contributed by atoms with Crippen LogP contribution >= 0.6 is 23.2 Å². The Hall–Kier alpha value is -1.93. The minimum Gasteiger partial charge on any atom is -0.487 e. The summed E-state index contributed by atoms with van der Waals surface area (Å²) in [6, 6.07) is 5.92. The average molecular weight is 511 g/mol. The van der Waals surface area contributed by atoms with Crippen LogP contribution in [0, 0.1) is 5.82 Å². The van der Waals surface area contributed by atoms with Gasteiger partial charge in [-0.3, -0.25) is 9.78 Å². The topological polar surface area (TPSA) is 71.7 Å². The van der Waals surface area contributed by atoms with Crippen LogP contribution in [0.25, 0.3) is 0 Å². The van der Waals surface area contributed by atoms with Gasteiger partial charge in [0.1, 0.15) is 17.7 Å². The molecular formula is C25H33Cl2FN4O2. The van der Waals surface area contributed by atoms with Gasteiger partial charge >= 0.3 is 0 Å². The third kappa shape index (κ3) is 7.04. The smallest absolute Gasteiger partial charge is 0.239 e. The first-order valence-electron chi connectivity index (χ1n) is 11.6. The lowest BCUT2D eigenvalue weighted by atomic mass is 9.91. The van der Waals surface area contributed by atoms with Crippen molar-refractivity contribution in [3.8, 4) is 5.75 Å². The molecule has 0 unspecified atom stereocenters. The molecular weight excluding hydrogens is 478 g/mol. The predicted octanol–water partition coefficient (Wildman–Crippen LogP) is 4.52. The van der Waals surface area contributed by atoms with E-state index in [1.54, 1.807) is 23.1 Å². The fourth-order valence-electron chi connectivity index (χ4n) is 4.29. The number of ether oxygens (including phenoxy) is 1. The highest BCUT2D eigenvalue weighted by atomic mass is 35.5. The lowest BCUT2D eigenvalue weighted by Crippen LogP contribution is -2.47. The summed E-state index contributed by atoms with van der Waals surface area (Å²) in [5.74, 6) is 0.0499. The maximum atomic E-state index is 14.0. The molecule has 2 aromatic rings. The van der Waals surface area contributed by atoms with Crippen molar-refractivity contribution < 1.29 is 13.9 Å². The number of likely N-dealkylation sites (N-methyl/N-ethyl adjacent to an activating group) is 1. The summed E-state index contributed by atoms with van der Waals surface area (Å²) < 4.78 is 20.2. The normalized spacial score (nSPS) is 16.5. The van der Waals surface area contributed by atoms with Gasteiger partial charge in [0.05, 0.1) is 17.9 Å². The van der Waals surface area contributed by atoms with Crippen molar-refractivity contribution in [2.24, 2.45) is 5.73 Å². The molecule has 1 aromatic carbocycles. The van der Waals surface area contributed by atoms with Crippen LogP contribution in [0.3, 0.4) is 0 Å². The van der Waals surface area contributed by atoms with Crippen molar-refractivity contribution in [2.45, 2.75) is 50.7 Å². The fraction of sp³-hybridized carbons (Fsp3) is 0.520. The Kier molecular flexibility index (Phi) is 9.54. The van der Waals surface area contributed by atoms with Crippen molar-refractivity contribution in [3.63, 3.8) is 0 Å². The number of hydrogen-bond donors (Lipinski definition) is 1. The standard InChI is InChI=1S/C25H33Cl2FN4O2/c1-4-20(15-31(2)3)34-23-13-19(28)14-30-24(23)16-7-9-32(10-8-16)25(33)22(29)11-17-5-6-18(26)12-21(17)27/h5-6,12-14,16,20,22H,4,7-11,15,29H2,1-3H3/t20-,22+/m0/s1. The molecule has 2 heterocycles. The number of nitrogens with zero attached hydrogens (tertiary/aromatic N) is 3. The Bertz CT molecular complexity index is 983. The molecule has 2 atom stereocenters. The SMILES string of the molecule is CC[C@@H](CN(C)C)Oc1cc(F)cnc1C1CCN(C(=O)[C@H](N)Cc2ccc(Cl)cc2Cl)CC1. The number of hydrogen-bond acceptors (Lipinski definition) is 5. The van der Waals surface area contributed by atoms with Gasteiger partial charge in [0.25, 0.3) is 0 Å². The van der Waals surface area contributed by atoms with Crippen LogP contribution in [0.5, 0.6) is 5.75 Å². The average Bonchev–Trinajstić information content (AvgIpc) is 2.80. The number of carbonyl (C=O) groups excluding carboxylic acids is 1. The van der Waals surface area contributed by atoms with Crippen molar-refractivity contribution in [1.82, 2.24) is 14.8 Å². The lowest BCUT2D eigenvalue weighted by Gasteiger charge is -2.34. The zero-order chi connectivity index (χ0) is 24.8. The van der Waals surface area contributed by atoms with E-state index in [0.29, 0.717) is 48.1 Å². The van der Waals surface area contributed by atoms with Crippen molar-refractivity contribution in [3.05, 3.63) is 57.6 Å². The molecule has 1 aliphatic heterocycles. The molecule has 2 N–H and O–H groups in total. The minimum atomic E-state index is -0.686. The maximum Gasteiger partial charge on any atom is 0.239 e. The van der Waals surface area contributed by atoms with Gasteiger partial charge in [0.2, 0.25) is 5.91 Å². The van der Waals surface area contributed by atoms with Gasteiger partial charge in [-0.25, -0.2) is 4.39 Å². The van der Waals surface area contributed by atoms with Crippen molar-refractivity contribution >= 4 is 29.1 Å². The molecule has 0 spiro atoms. The molecule has 1 aliphatic rings. The van der Waals surface area contributed by atoms with Gasteiger partial charge in [-0.15, -0.1) is 0 Å². The largest absolute Gasteiger partial charge is 0.487 e. The summed E-state index contributed by atoms with van der Waals surface area (Å²) in [5, 5.41) is 1.05. The first-order valence-corrected chi connectivity index (χ1v) is 12.4. The Morgan fingerprint density at radius 2 is 2.00 bits per heavy atom. The molecule has 0 saturated carbocycles. The van der Waals surface area contributed by atoms with Gasteiger partial charge < -0.3 is 20.3 Å². The Morgan fingerprint density at radius 1 is 1.29 bits per heavy atom. The van der Waals surface area contributed by atoms with Crippen LogP contribution in [0.1, 0.15) is 43.4 Å². The van der Waals surface area contributed by atoms with Crippen LogP contribution < -0.4 is 10.5 Å². The Labute approximate surface area is 211 Å². The maximum absolute atomic E-state index is 14.0. The van der Waals surface area contributed by atoms with E-state index in [1.165, 1.54) is 12.3 Å². The molecule has 6 nitrogen and oxygen atoms in total. The van der Waals surface area contributed by atoms with E-state index in [4.69, 9.17) is 33.7 Å². The zero-order valence-corrected chi connectivity index (χ0v) is 21.4. The number of pyridine rings is 1. The monoisotopic (exact) mass is 510 g/mol. The molecule has 186 valence electrons. The third-order valence-electron chi connectivity index (χ3n) is 6.13. The first kappa shape index (κ1) is 26.7. The number of carbonyl (C=O) groups is 1. The second-order valence-electron chi connectivity index (χ2n) is 9.09. The molecule has 0 bridgehead atoms. The van der Waals surface area contributed by atoms with Crippen molar-refractivity contribution in [1.29, 1.82) is 0 Å². The Morgan fingerprint density at radius 3 is 2.62 bits per heavy atom. The number of rotatable bonds is 9. The first-order chi connectivity index (χ1) is 16.2. The number of benzene rings is 1. The van der Waals surface area contributed by atoms with Crippen LogP contribution in [0.2, 0.25) is 10.0 Å². The minimum absolute atomic E-state index is 0.0586. The lowest BCUT2D eigenvalue weighted by molar-refractivity contribution is -0.133. The Balaban J connectivity index is 1.63. The van der Waals surface area contributed by atoms with Crippen LogP contribution in [-0.2, 0) is 11.2 Å². The van der Waals surface area contributed by atoms with Gasteiger partial charge in [-0.1, -0.05) is 36.2 Å². The summed E-state index contributed by atoms with van der Waals surface area (Å²) in [4.78, 5) is 21.2. The van der Waals surface area contributed by atoms with E-state index in [-0.39, 0.29) is 17.9 Å². The third-order valence-corrected chi connectivity index (χ3v) is 6.72. The highest BCUT2D eigenvalue weighted by Gasteiger charge is 2.30. The van der Waals surface area contributed by atoms with Gasteiger partial charge in [-0.2, -0.15) is 0 Å². The molecule has 0 aliphatic carbocycles. The molecule has 0 radical (unpaired) electrons. The van der Waals surface area contributed by atoms with E-state index in [0.717, 1.165) is 24.2 Å². The highest BCUT2D eigenvalue weighted by Crippen LogP contribution is 2.34. The quantitative estimate of drug-likeness (QED) is 0.536. The fourth-order valence-corrected chi connectivity index (χ4v) is 4.77. The number of halogens is 3. The van der Waals surface area contributed by atoms with Gasteiger partial charge in [0.15, 0.2) is 0 Å². The molecule has 34 heavy (non-hydrogen) atoms. The molecule has 3 rings (SSSR count). The summed E-state index contributed by atoms with van der Waals surface area (Å²) >= 11 is 12.2. The number of piperidine rings is 1. The molecule has 1 fully saturated rings. The second-order valence-corrected chi connectivity index (χ2v) is 9.94. The van der Waals surface area contributed by atoms with Crippen molar-refractivity contribution in [2.75, 3.05) is 33.7 Å². The summed E-state index contributed by atoms with van der Waals surface area (Å²) in [7, 11) is 3.96. The van der Waals surface area contributed by atoms with Gasteiger partial charge in [0, 0.05) is 41.7 Å². The summed E-state index contributed by atoms with van der Waals surface area (Å²) in [6.07, 6.45) is 3.74. The van der Waals surface area contributed by atoms with Crippen LogP contribution in [0.4, 0.5) is 4.39 Å². The summed E-state index contributed by atoms with van der Waals surface area (Å²) in [5.41, 5.74) is 7.77. The van der Waals surface area contributed by atoms with E-state index in [9.17, 15) is 9.18 Å². The number of aromatic nitrogens is 1. The van der Waals surface area contributed by atoms with E-state index in [1.807, 2.05) is 25.9 Å². The second kappa shape index (κ2) is 12.2. The number of nitrogens with two attached hydrogens (primary N) is 1. The van der Waals surface area contributed by atoms with E-state index >= 15 is 0 Å². The molecule has 9 heteroatoms.